The minimum Gasteiger partial charge on any atom is -0.497 e. The van der Waals surface area contributed by atoms with Crippen molar-refractivity contribution in [1.82, 2.24) is 4.90 Å². The molecule has 4 aromatic rings. The van der Waals surface area contributed by atoms with Gasteiger partial charge in [-0.15, -0.1) is 0 Å². The third-order valence-corrected chi connectivity index (χ3v) is 15.2. The molecule has 0 radical (unpaired) electrons. The van der Waals surface area contributed by atoms with Crippen LogP contribution < -0.4 is 15.2 Å². The first kappa shape index (κ1) is 34.6. The highest BCUT2D eigenvalue weighted by Crippen LogP contribution is 2.47. The first-order valence-electron chi connectivity index (χ1n) is 17.4. The number of anilines is 1. The van der Waals surface area contributed by atoms with E-state index in [9.17, 15) is 14.7 Å². The number of methoxy groups -OCH3 is 1. The molecule has 0 bridgehead atoms. The third kappa shape index (κ3) is 7.67. The van der Waals surface area contributed by atoms with Gasteiger partial charge in [0.15, 0.2) is 0 Å². The van der Waals surface area contributed by atoms with E-state index >= 15 is 0 Å². The van der Waals surface area contributed by atoms with E-state index in [1.807, 2.05) is 59.5 Å². The quantitative estimate of drug-likeness (QED) is 0.175. The van der Waals surface area contributed by atoms with E-state index in [0.29, 0.717) is 24.9 Å². The molecule has 4 aromatic carbocycles. The molecule has 2 aliphatic rings. The summed E-state index contributed by atoms with van der Waals surface area (Å²) in [7, 11) is -0.466. The van der Waals surface area contributed by atoms with Crippen LogP contribution in [0.5, 0.6) is 5.75 Å². The van der Waals surface area contributed by atoms with Crippen LogP contribution in [0.15, 0.2) is 103 Å². The second-order valence-corrected chi connectivity index (χ2v) is 18.8. The normalized spacial score (nSPS) is 22.0. The van der Waals surface area contributed by atoms with Crippen molar-refractivity contribution >= 4 is 30.8 Å². The highest BCUT2D eigenvalue weighted by molar-refractivity contribution is 6.91. The van der Waals surface area contributed by atoms with Crippen LogP contribution in [0.1, 0.15) is 46.8 Å². The maximum absolute atomic E-state index is 14.1. The Kier molecular flexibility index (Phi) is 10.7. The molecule has 2 amide bonds. The molecule has 49 heavy (non-hydrogen) atoms. The molecule has 5 atom stereocenters. The molecular formula is C41H48N2O5Si. The molecule has 8 heteroatoms. The Hall–Kier alpha value is -4.24. The summed E-state index contributed by atoms with van der Waals surface area (Å²) >= 11 is 0. The average molecular weight is 677 g/mol. The molecule has 256 valence electrons. The number of carbonyl (C=O) groups is 2. The fraction of sp³-hybridized carbons (Fsp3) is 0.366. The van der Waals surface area contributed by atoms with Crippen molar-refractivity contribution in [2.24, 2.45) is 5.92 Å². The van der Waals surface area contributed by atoms with Gasteiger partial charge in [0.25, 0.3) is 5.91 Å². The summed E-state index contributed by atoms with van der Waals surface area (Å²) in [4.78, 5) is 28.6. The number of rotatable bonds is 11. The second-order valence-electron chi connectivity index (χ2n) is 14.1. The van der Waals surface area contributed by atoms with Gasteiger partial charge in [-0.05, 0) is 83.8 Å². The van der Waals surface area contributed by atoms with Gasteiger partial charge in [-0.1, -0.05) is 91.9 Å². The summed E-state index contributed by atoms with van der Waals surface area (Å²) in [5, 5.41) is 14.6. The van der Waals surface area contributed by atoms with Crippen molar-refractivity contribution in [2.75, 3.05) is 19.0 Å². The van der Waals surface area contributed by atoms with Crippen LogP contribution in [-0.2, 0) is 28.9 Å². The van der Waals surface area contributed by atoms with Crippen molar-refractivity contribution in [1.29, 1.82) is 0 Å². The molecule has 2 N–H and O–H groups in total. The number of amides is 2. The number of carbonyl (C=O) groups excluding carboxylic acids is 2. The number of ether oxygens (including phenoxy) is 2. The van der Waals surface area contributed by atoms with Crippen LogP contribution in [0.4, 0.5) is 5.69 Å². The number of hydrogen-bond donors (Lipinski definition) is 2. The Bertz CT molecular complexity index is 1730. The zero-order chi connectivity index (χ0) is 34.5. The number of nitrogens with zero attached hydrogens (tertiary/aromatic N) is 1. The summed E-state index contributed by atoms with van der Waals surface area (Å²) < 4.78 is 12.4. The molecule has 0 spiro atoms. The molecule has 6 rings (SSSR count). The van der Waals surface area contributed by atoms with Gasteiger partial charge in [0.1, 0.15) is 5.75 Å². The maximum atomic E-state index is 14.1. The lowest BCUT2D eigenvalue weighted by Gasteiger charge is -2.39. The van der Waals surface area contributed by atoms with E-state index in [-0.39, 0.29) is 48.1 Å². The van der Waals surface area contributed by atoms with Gasteiger partial charge in [0.2, 0.25) is 5.91 Å². The number of nitrogens with one attached hydrogen (secondary N) is 1. The number of aryl methyl sites for hydroxylation is 1. The van der Waals surface area contributed by atoms with E-state index < -0.39 is 8.07 Å². The summed E-state index contributed by atoms with van der Waals surface area (Å²) in [6, 6.07) is 33.7. The summed E-state index contributed by atoms with van der Waals surface area (Å²) in [6.45, 7) is 7.55. The predicted octanol–water partition coefficient (Wildman–Crippen LogP) is 6.61. The van der Waals surface area contributed by atoms with Crippen LogP contribution in [0.3, 0.4) is 0 Å². The SMILES string of the molecule is COc1ccc([Si](C)(C)[C@H]2[C@H](C)[C@H](CCc3ccc(NC(=O)c4ccccc4)cc3)O[C@@H]2CC(=O)N2Cc3ccccc3C[C@H]2CO)cc1. The molecule has 1 saturated heterocycles. The molecule has 0 unspecified atom stereocenters. The highest BCUT2D eigenvalue weighted by Gasteiger charge is 2.51. The van der Waals surface area contributed by atoms with Crippen molar-refractivity contribution in [3.63, 3.8) is 0 Å². The highest BCUT2D eigenvalue weighted by atomic mass is 28.3. The Morgan fingerprint density at radius 1 is 0.898 bits per heavy atom. The van der Waals surface area contributed by atoms with E-state index in [1.54, 1.807) is 19.2 Å². The molecule has 0 aliphatic carbocycles. The van der Waals surface area contributed by atoms with Crippen molar-refractivity contribution in [3.8, 4) is 5.75 Å². The minimum atomic E-state index is -2.15. The largest absolute Gasteiger partial charge is 0.497 e. The number of fused-ring (bicyclic) bond motifs is 1. The van der Waals surface area contributed by atoms with Gasteiger partial charge >= 0.3 is 0 Å². The van der Waals surface area contributed by atoms with E-state index in [0.717, 1.165) is 29.8 Å². The van der Waals surface area contributed by atoms with Gasteiger partial charge < -0.3 is 24.8 Å². The molecule has 7 nitrogen and oxygen atoms in total. The smallest absolute Gasteiger partial charge is 0.255 e. The van der Waals surface area contributed by atoms with Crippen LogP contribution in [0.25, 0.3) is 0 Å². The zero-order valence-corrected chi connectivity index (χ0v) is 30.0. The van der Waals surface area contributed by atoms with Gasteiger partial charge in [0, 0.05) is 17.8 Å². The Balaban J connectivity index is 1.18. The third-order valence-electron chi connectivity index (χ3n) is 10.8. The van der Waals surface area contributed by atoms with Crippen molar-refractivity contribution in [3.05, 3.63) is 125 Å². The average Bonchev–Trinajstić information content (AvgIpc) is 3.45. The summed E-state index contributed by atoms with van der Waals surface area (Å²) in [5.41, 5.74) is 5.13. The van der Waals surface area contributed by atoms with Crippen LogP contribution >= 0.6 is 0 Å². The predicted molar refractivity (Wildman–Crippen MR) is 197 cm³/mol. The fourth-order valence-electron chi connectivity index (χ4n) is 8.03. The van der Waals surface area contributed by atoms with Gasteiger partial charge in [-0.2, -0.15) is 0 Å². The minimum absolute atomic E-state index is 0.000929. The zero-order valence-electron chi connectivity index (χ0n) is 29.0. The summed E-state index contributed by atoms with van der Waals surface area (Å²) in [5.74, 6) is 1.00. The molecule has 1 fully saturated rings. The first-order valence-corrected chi connectivity index (χ1v) is 20.5. The number of hydrogen-bond acceptors (Lipinski definition) is 5. The molecule has 0 saturated carbocycles. The monoisotopic (exact) mass is 676 g/mol. The second kappa shape index (κ2) is 15.1. The maximum Gasteiger partial charge on any atom is 0.255 e. The Labute approximate surface area is 291 Å². The fourth-order valence-corrected chi connectivity index (χ4v) is 12.1. The van der Waals surface area contributed by atoms with E-state index in [2.05, 4.69) is 61.7 Å². The molecular weight excluding hydrogens is 629 g/mol. The van der Waals surface area contributed by atoms with Gasteiger partial charge in [-0.3, -0.25) is 9.59 Å². The Morgan fingerprint density at radius 2 is 1.57 bits per heavy atom. The Morgan fingerprint density at radius 3 is 2.24 bits per heavy atom. The lowest BCUT2D eigenvalue weighted by Crippen LogP contribution is -2.52. The van der Waals surface area contributed by atoms with Gasteiger partial charge in [-0.25, -0.2) is 0 Å². The van der Waals surface area contributed by atoms with Crippen LogP contribution in [0.2, 0.25) is 18.6 Å². The number of aliphatic hydroxyl groups is 1. The molecule has 2 aliphatic heterocycles. The molecule has 0 aromatic heterocycles. The number of aliphatic hydroxyl groups excluding tert-OH is 1. The summed E-state index contributed by atoms with van der Waals surface area (Å²) in [6.07, 6.45) is 2.40. The van der Waals surface area contributed by atoms with Crippen LogP contribution in [-0.4, -0.2) is 61.9 Å². The standard InChI is InChI=1S/C41H48N2O5Si/c1-28-37(23-16-29-14-17-33(18-15-29)42-41(46)30-10-6-5-7-11-30)48-38(40(28)49(3,4)36-21-19-35(47-2)20-22-36)25-39(45)43-26-32-13-9-8-12-31(32)24-34(43)27-44/h5-15,17-22,28,34,37-38,40,44H,16,23-27H2,1-4H3,(H,42,46)/t28-,34+,37+,38-,40+/m1/s1. The topological polar surface area (TPSA) is 88.1 Å². The lowest BCUT2D eigenvalue weighted by atomic mass is 9.93. The van der Waals surface area contributed by atoms with E-state index in [1.165, 1.54) is 16.3 Å². The first-order chi connectivity index (χ1) is 23.7. The van der Waals surface area contributed by atoms with Crippen molar-refractivity contribution in [2.45, 2.75) is 76.0 Å². The molecule has 2 heterocycles. The van der Waals surface area contributed by atoms with Gasteiger partial charge in [0.05, 0.1) is 46.5 Å². The van der Waals surface area contributed by atoms with Crippen LogP contribution in [0, 0.1) is 5.92 Å². The van der Waals surface area contributed by atoms with Crippen molar-refractivity contribution < 1.29 is 24.2 Å². The lowest BCUT2D eigenvalue weighted by molar-refractivity contribution is -0.138. The number of benzene rings is 4. The van der Waals surface area contributed by atoms with E-state index in [4.69, 9.17) is 9.47 Å².